The number of piperidine rings is 2. The predicted octanol–water partition coefficient (Wildman–Crippen LogP) is 3.75. The fourth-order valence-corrected chi connectivity index (χ4v) is 7.72. The summed E-state index contributed by atoms with van der Waals surface area (Å²) in [6, 6.07) is 7.43. The van der Waals surface area contributed by atoms with Crippen LogP contribution in [0.1, 0.15) is 55.2 Å². The van der Waals surface area contributed by atoms with Crippen molar-refractivity contribution in [1.29, 1.82) is 0 Å². The first-order valence-corrected chi connectivity index (χ1v) is 16.8. The number of sulfonamides is 1. The van der Waals surface area contributed by atoms with E-state index in [1.54, 1.807) is 39.3 Å². The number of pyridine rings is 1. The van der Waals surface area contributed by atoms with Gasteiger partial charge in [-0.15, -0.1) is 0 Å². The number of aryl methyl sites for hydroxylation is 2. The normalized spacial score (nSPS) is 17.7. The highest BCUT2D eigenvalue weighted by Gasteiger charge is 2.38. The van der Waals surface area contributed by atoms with Gasteiger partial charge in [0, 0.05) is 57.8 Å². The lowest BCUT2D eigenvalue weighted by molar-refractivity contribution is -0.144. The molecule has 0 atom stereocenters. The van der Waals surface area contributed by atoms with E-state index in [-0.39, 0.29) is 30.6 Å². The molecule has 0 aliphatic carbocycles. The number of methoxy groups -OCH3 is 1. The van der Waals surface area contributed by atoms with Crippen LogP contribution < -0.4 is 4.74 Å². The van der Waals surface area contributed by atoms with Crippen molar-refractivity contribution in [2.75, 3.05) is 73.2 Å². The third-order valence-electron chi connectivity index (χ3n) is 8.67. The molecule has 2 aliphatic rings. The van der Waals surface area contributed by atoms with Gasteiger partial charge < -0.3 is 24.0 Å². The standard InChI is InChI=1S/C32H48N4O6S/c1-26-22-29(40-4)23-27(2)31(26)43(38,39)34(3)19-21-41-25-30(37)36-17-11-32(12-18-36,28-10-8-13-33-24-28)42-20-9-16-35-14-6-5-7-15-35/h8,10,13,22-24H,5-7,9,11-12,14-21,25H2,1-4H3. The van der Waals surface area contributed by atoms with Crippen LogP contribution >= 0.6 is 0 Å². The van der Waals surface area contributed by atoms with Crippen molar-refractivity contribution < 1.29 is 27.4 Å². The van der Waals surface area contributed by atoms with Gasteiger partial charge in [-0.2, -0.15) is 4.31 Å². The molecule has 2 aromatic rings. The van der Waals surface area contributed by atoms with Gasteiger partial charge in [-0.3, -0.25) is 9.78 Å². The highest BCUT2D eigenvalue weighted by Crippen LogP contribution is 2.37. The molecule has 2 fully saturated rings. The van der Waals surface area contributed by atoms with Crippen molar-refractivity contribution in [3.8, 4) is 5.75 Å². The van der Waals surface area contributed by atoms with Gasteiger partial charge in [0.25, 0.3) is 0 Å². The van der Waals surface area contributed by atoms with Crippen molar-refractivity contribution in [3.05, 3.63) is 53.3 Å². The number of nitrogens with zero attached hydrogens (tertiary/aromatic N) is 4. The zero-order valence-electron chi connectivity index (χ0n) is 26.2. The molecule has 3 heterocycles. The van der Waals surface area contributed by atoms with Crippen LogP contribution in [0, 0.1) is 13.8 Å². The number of benzene rings is 1. The van der Waals surface area contributed by atoms with Crippen molar-refractivity contribution in [3.63, 3.8) is 0 Å². The summed E-state index contributed by atoms with van der Waals surface area (Å²) in [5, 5.41) is 0. The number of likely N-dealkylation sites (tertiary alicyclic amines) is 2. The smallest absolute Gasteiger partial charge is 0.248 e. The zero-order valence-corrected chi connectivity index (χ0v) is 27.0. The molecule has 10 nitrogen and oxygen atoms in total. The minimum absolute atomic E-state index is 0.0922. The van der Waals surface area contributed by atoms with Gasteiger partial charge in [-0.1, -0.05) is 12.5 Å². The Hall–Kier alpha value is -2.57. The summed E-state index contributed by atoms with van der Waals surface area (Å²) in [6.45, 7) is 8.89. The molecule has 0 N–H and O–H groups in total. The average molecular weight is 617 g/mol. The fourth-order valence-electron chi connectivity index (χ4n) is 6.16. The Morgan fingerprint density at radius 1 is 1.05 bits per heavy atom. The number of amides is 1. The summed E-state index contributed by atoms with van der Waals surface area (Å²) in [6.07, 6.45) is 9.92. The molecule has 1 aromatic heterocycles. The van der Waals surface area contributed by atoms with Crippen molar-refractivity contribution >= 4 is 15.9 Å². The number of aromatic nitrogens is 1. The maximum Gasteiger partial charge on any atom is 0.248 e. The zero-order chi connectivity index (χ0) is 30.9. The van der Waals surface area contributed by atoms with E-state index in [1.165, 1.54) is 43.7 Å². The molecule has 11 heteroatoms. The van der Waals surface area contributed by atoms with Gasteiger partial charge >= 0.3 is 0 Å². The maximum atomic E-state index is 13.2. The Morgan fingerprint density at radius 3 is 2.37 bits per heavy atom. The summed E-state index contributed by atoms with van der Waals surface area (Å²) in [5.74, 6) is 0.519. The number of hydrogen-bond acceptors (Lipinski definition) is 8. The molecule has 1 amide bonds. The number of carbonyl (C=O) groups excluding carboxylic acids is 1. The van der Waals surface area contributed by atoms with Crippen LogP contribution in [-0.4, -0.2) is 107 Å². The number of rotatable bonds is 14. The van der Waals surface area contributed by atoms with E-state index in [1.807, 2.05) is 17.2 Å². The lowest BCUT2D eigenvalue weighted by atomic mass is 9.85. The van der Waals surface area contributed by atoms with Crippen LogP contribution in [0.2, 0.25) is 0 Å². The van der Waals surface area contributed by atoms with Crippen molar-refractivity contribution in [1.82, 2.24) is 19.1 Å². The summed E-state index contributed by atoms with van der Waals surface area (Å²) in [5.41, 5.74) is 1.85. The van der Waals surface area contributed by atoms with Crippen LogP contribution in [0.4, 0.5) is 0 Å². The molecule has 0 radical (unpaired) electrons. The topological polar surface area (TPSA) is 102 Å². The molecule has 2 saturated heterocycles. The lowest BCUT2D eigenvalue weighted by Gasteiger charge is -2.42. The monoisotopic (exact) mass is 616 g/mol. The Kier molecular flexibility index (Phi) is 12.0. The summed E-state index contributed by atoms with van der Waals surface area (Å²) in [4.78, 5) is 21.9. The molecule has 0 unspecified atom stereocenters. The van der Waals surface area contributed by atoms with E-state index >= 15 is 0 Å². The number of hydrogen-bond donors (Lipinski definition) is 0. The van der Waals surface area contributed by atoms with E-state index in [2.05, 4.69) is 16.0 Å². The second-order valence-electron chi connectivity index (χ2n) is 11.7. The second kappa shape index (κ2) is 15.4. The Labute approximate surface area is 257 Å². The third-order valence-corrected chi connectivity index (χ3v) is 10.8. The average Bonchev–Trinajstić information content (AvgIpc) is 3.02. The third kappa shape index (κ3) is 8.54. The summed E-state index contributed by atoms with van der Waals surface area (Å²) in [7, 11) is -0.639. The van der Waals surface area contributed by atoms with Crippen LogP contribution in [0.15, 0.2) is 41.6 Å². The van der Waals surface area contributed by atoms with E-state index in [9.17, 15) is 13.2 Å². The first-order chi connectivity index (χ1) is 20.7. The van der Waals surface area contributed by atoms with Crippen LogP contribution in [-0.2, 0) is 29.9 Å². The molecule has 0 saturated carbocycles. The first-order valence-electron chi connectivity index (χ1n) is 15.4. The lowest BCUT2D eigenvalue weighted by Crippen LogP contribution is -2.48. The second-order valence-corrected chi connectivity index (χ2v) is 13.7. The van der Waals surface area contributed by atoms with Gasteiger partial charge in [-0.25, -0.2) is 8.42 Å². The van der Waals surface area contributed by atoms with E-state index < -0.39 is 15.6 Å². The molecular formula is C32H48N4O6S. The van der Waals surface area contributed by atoms with Crippen LogP contribution in [0.5, 0.6) is 5.75 Å². The summed E-state index contributed by atoms with van der Waals surface area (Å²) >= 11 is 0. The largest absolute Gasteiger partial charge is 0.497 e. The minimum atomic E-state index is -3.72. The summed E-state index contributed by atoms with van der Waals surface area (Å²) < 4.78 is 45.3. The Morgan fingerprint density at radius 2 is 1.74 bits per heavy atom. The molecular weight excluding hydrogens is 568 g/mol. The number of carbonyl (C=O) groups is 1. The van der Waals surface area contributed by atoms with Gasteiger partial charge in [0.1, 0.15) is 12.4 Å². The van der Waals surface area contributed by atoms with Gasteiger partial charge in [0.2, 0.25) is 15.9 Å². The van der Waals surface area contributed by atoms with Crippen LogP contribution in [0.25, 0.3) is 0 Å². The van der Waals surface area contributed by atoms with Crippen LogP contribution in [0.3, 0.4) is 0 Å². The van der Waals surface area contributed by atoms with Gasteiger partial charge in [0.05, 0.1) is 24.2 Å². The van der Waals surface area contributed by atoms with Gasteiger partial charge in [-0.05, 0) is 88.4 Å². The molecule has 0 spiro atoms. The highest BCUT2D eigenvalue weighted by molar-refractivity contribution is 7.89. The Bertz CT molecular complexity index is 1270. The minimum Gasteiger partial charge on any atom is -0.497 e. The SMILES string of the molecule is COc1cc(C)c(S(=O)(=O)N(C)CCOCC(=O)N2CCC(OCCCN3CCCCC3)(c3cccnc3)CC2)c(C)c1. The number of ether oxygens (including phenoxy) is 3. The van der Waals surface area contributed by atoms with E-state index in [0.717, 1.165) is 18.5 Å². The Balaban J connectivity index is 1.24. The van der Waals surface area contributed by atoms with E-state index in [4.69, 9.17) is 14.2 Å². The number of likely N-dealkylation sites (N-methyl/N-ethyl adjacent to an activating group) is 1. The first kappa shape index (κ1) is 33.3. The van der Waals surface area contributed by atoms with Crippen molar-refractivity contribution in [2.45, 2.75) is 62.9 Å². The molecule has 0 bridgehead atoms. The molecule has 4 rings (SSSR count). The maximum absolute atomic E-state index is 13.2. The molecule has 1 aromatic carbocycles. The van der Waals surface area contributed by atoms with E-state index in [0.29, 0.717) is 49.4 Å². The molecule has 238 valence electrons. The predicted molar refractivity (Wildman–Crippen MR) is 166 cm³/mol. The van der Waals surface area contributed by atoms with Crippen molar-refractivity contribution in [2.24, 2.45) is 0 Å². The quantitative estimate of drug-likeness (QED) is 0.296. The fraction of sp³-hybridized carbons (Fsp3) is 0.625. The van der Waals surface area contributed by atoms with Gasteiger partial charge in [0.15, 0.2) is 0 Å². The highest BCUT2D eigenvalue weighted by atomic mass is 32.2. The molecule has 43 heavy (non-hydrogen) atoms. The molecule has 2 aliphatic heterocycles.